The number of nitrogens with two attached hydrogens (primary N) is 1. The van der Waals surface area contributed by atoms with Crippen molar-refractivity contribution in [1.82, 2.24) is 9.88 Å². The van der Waals surface area contributed by atoms with E-state index in [1.165, 1.54) is 0 Å². The Morgan fingerprint density at radius 2 is 1.96 bits per heavy atom. The van der Waals surface area contributed by atoms with Gasteiger partial charge in [0.1, 0.15) is 0 Å². The van der Waals surface area contributed by atoms with Crippen LogP contribution in [0.25, 0.3) is 21.9 Å². The molecule has 0 saturated carbocycles. The van der Waals surface area contributed by atoms with Crippen LogP contribution in [0.5, 0.6) is 5.88 Å². The first-order valence-electron chi connectivity index (χ1n) is 8.81. The fourth-order valence-electron chi connectivity index (χ4n) is 3.47. The van der Waals surface area contributed by atoms with E-state index in [4.69, 9.17) is 10.5 Å². The third-order valence-electron chi connectivity index (χ3n) is 5.01. The number of benzene rings is 2. The molecule has 2 heterocycles. The fourth-order valence-corrected chi connectivity index (χ4v) is 3.47. The van der Waals surface area contributed by atoms with E-state index in [0.29, 0.717) is 18.0 Å². The lowest BCUT2D eigenvalue weighted by atomic mass is 9.97. The highest BCUT2D eigenvalue weighted by molar-refractivity contribution is 6.05. The standard InChI is InChI=1S/C22H19N3O3/c1-13(21(23)26)11-25-12-19-17(22(25)27)7-5-14-3-4-15(9-18(14)19)16-6-8-20(28-2)24-10-16/h3-10H,1,11-12H2,2H3,(H2,23,26). The summed E-state index contributed by atoms with van der Waals surface area (Å²) in [6.07, 6.45) is 1.76. The zero-order chi connectivity index (χ0) is 19.8. The van der Waals surface area contributed by atoms with E-state index in [1.54, 1.807) is 18.2 Å². The molecule has 0 aliphatic carbocycles. The van der Waals surface area contributed by atoms with Crippen LogP contribution in [0.4, 0.5) is 0 Å². The molecule has 1 aromatic heterocycles. The molecule has 4 rings (SSSR count). The molecular weight excluding hydrogens is 354 g/mol. The van der Waals surface area contributed by atoms with Gasteiger partial charge in [0.15, 0.2) is 0 Å². The van der Waals surface area contributed by atoms with Gasteiger partial charge < -0.3 is 15.4 Å². The second-order valence-electron chi connectivity index (χ2n) is 6.75. The van der Waals surface area contributed by atoms with Gasteiger partial charge in [-0.2, -0.15) is 0 Å². The minimum atomic E-state index is -0.595. The van der Waals surface area contributed by atoms with Gasteiger partial charge in [-0.3, -0.25) is 9.59 Å². The number of amides is 2. The fraction of sp³-hybridized carbons (Fsp3) is 0.136. The van der Waals surface area contributed by atoms with Gasteiger partial charge in [-0.25, -0.2) is 4.98 Å². The molecule has 6 heteroatoms. The first-order chi connectivity index (χ1) is 13.5. The average molecular weight is 373 g/mol. The van der Waals surface area contributed by atoms with Crippen molar-refractivity contribution >= 4 is 22.6 Å². The number of hydrogen-bond donors (Lipinski definition) is 1. The number of carbonyl (C=O) groups is 2. The average Bonchev–Trinajstić information content (AvgIpc) is 3.03. The van der Waals surface area contributed by atoms with E-state index >= 15 is 0 Å². The number of pyridine rings is 1. The number of methoxy groups -OCH3 is 1. The van der Waals surface area contributed by atoms with Crippen molar-refractivity contribution in [2.45, 2.75) is 6.54 Å². The molecule has 2 aromatic carbocycles. The second kappa shape index (κ2) is 6.81. The molecule has 0 saturated heterocycles. The van der Waals surface area contributed by atoms with Gasteiger partial charge in [0, 0.05) is 35.5 Å². The van der Waals surface area contributed by atoms with Crippen molar-refractivity contribution in [3.8, 4) is 17.0 Å². The van der Waals surface area contributed by atoms with Gasteiger partial charge in [-0.05, 0) is 40.1 Å². The van der Waals surface area contributed by atoms with E-state index in [-0.39, 0.29) is 18.0 Å². The van der Waals surface area contributed by atoms with Crippen LogP contribution in [0.2, 0.25) is 0 Å². The Bertz CT molecular complexity index is 1120. The van der Waals surface area contributed by atoms with Gasteiger partial charge >= 0.3 is 0 Å². The molecule has 6 nitrogen and oxygen atoms in total. The summed E-state index contributed by atoms with van der Waals surface area (Å²) in [5.74, 6) is -0.153. The van der Waals surface area contributed by atoms with Crippen molar-refractivity contribution in [1.29, 1.82) is 0 Å². The summed E-state index contributed by atoms with van der Waals surface area (Å²) in [5.41, 5.74) is 9.05. The van der Waals surface area contributed by atoms with Crippen molar-refractivity contribution < 1.29 is 14.3 Å². The largest absolute Gasteiger partial charge is 0.481 e. The molecule has 2 amide bonds. The van der Waals surface area contributed by atoms with Gasteiger partial charge in [0.05, 0.1) is 13.7 Å². The molecule has 0 atom stereocenters. The lowest BCUT2D eigenvalue weighted by Crippen LogP contribution is -2.30. The zero-order valence-corrected chi connectivity index (χ0v) is 15.4. The van der Waals surface area contributed by atoms with Gasteiger partial charge in [0.25, 0.3) is 5.91 Å². The Hall–Kier alpha value is -3.67. The maximum atomic E-state index is 12.7. The summed E-state index contributed by atoms with van der Waals surface area (Å²) in [7, 11) is 1.58. The summed E-state index contributed by atoms with van der Waals surface area (Å²) in [4.78, 5) is 29.9. The van der Waals surface area contributed by atoms with Crippen LogP contribution in [0, 0.1) is 0 Å². The highest BCUT2D eigenvalue weighted by atomic mass is 16.5. The van der Waals surface area contributed by atoms with E-state index in [9.17, 15) is 9.59 Å². The van der Waals surface area contributed by atoms with Gasteiger partial charge in [0.2, 0.25) is 11.8 Å². The van der Waals surface area contributed by atoms with Crippen LogP contribution in [-0.2, 0) is 11.3 Å². The first-order valence-corrected chi connectivity index (χ1v) is 8.81. The molecule has 2 N–H and O–H groups in total. The smallest absolute Gasteiger partial charge is 0.254 e. The molecule has 3 aromatic rings. The molecule has 0 radical (unpaired) electrons. The van der Waals surface area contributed by atoms with Gasteiger partial charge in [-0.1, -0.05) is 24.8 Å². The molecule has 28 heavy (non-hydrogen) atoms. The summed E-state index contributed by atoms with van der Waals surface area (Å²) >= 11 is 0. The molecular formula is C22H19N3O3. The van der Waals surface area contributed by atoms with Crippen molar-refractivity contribution in [2.75, 3.05) is 13.7 Å². The molecule has 1 aliphatic rings. The van der Waals surface area contributed by atoms with Crippen molar-refractivity contribution in [2.24, 2.45) is 5.73 Å². The summed E-state index contributed by atoms with van der Waals surface area (Å²) < 4.78 is 5.11. The number of nitrogens with zero attached hydrogens (tertiary/aromatic N) is 2. The van der Waals surface area contributed by atoms with Crippen LogP contribution in [0.1, 0.15) is 15.9 Å². The SMILES string of the molecule is C=C(CN1Cc2c(ccc3ccc(-c4ccc(OC)nc4)cc23)C1=O)C(N)=O. The summed E-state index contributed by atoms with van der Waals surface area (Å²) in [5, 5.41) is 2.05. The third-order valence-corrected chi connectivity index (χ3v) is 5.01. The molecule has 0 bridgehead atoms. The molecule has 140 valence electrons. The van der Waals surface area contributed by atoms with Crippen LogP contribution in [0.3, 0.4) is 0 Å². The van der Waals surface area contributed by atoms with Crippen LogP contribution in [0.15, 0.2) is 60.8 Å². The van der Waals surface area contributed by atoms with Crippen molar-refractivity contribution in [3.63, 3.8) is 0 Å². The second-order valence-corrected chi connectivity index (χ2v) is 6.75. The van der Waals surface area contributed by atoms with Crippen molar-refractivity contribution in [3.05, 3.63) is 71.9 Å². The lowest BCUT2D eigenvalue weighted by molar-refractivity contribution is -0.114. The Morgan fingerprint density at radius 1 is 1.21 bits per heavy atom. The van der Waals surface area contributed by atoms with Crippen LogP contribution < -0.4 is 10.5 Å². The minimum absolute atomic E-state index is 0.115. The topological polar surface area (TPSA) is 85.5 Å². The molecule has 1 aliphatic heterocycles. The Kier molecular flexibility index (Phi) is 4.31. The predicted molar refractivity (Wildman–Crippen MR) is 107 cm³/mol. The number of aromatic nitrogens is 1. The number of hydrogen-bond acceptors (Lipinski definition) is 4. The highest BCUT2D eigenvalue weighted by Crippen LogP contribution is 2.33. The maximum Gasteiger partial charge on any atom is 0.254 e. The molecule has 0 unspecified atom stereocenters. The van der Waals surface area contributed by atoms with E-state index in [2.05, 4.69) is 17.6 Å². The Labute approximate surface area is 162 Å². The third kappa shape index (κ3) is 2.99. The highest BCUT2D eigenvalue weighted by Gasteiger charge is 2.29. The number of ether oxygens (including phenoxy) is 1. The van der Waals surface area contributed by atoms with E-state index < -0.39 is 5.91 Å². The normalized spacial score (nSPS) is 12.9. The monoisotopic (exact) mass is 373 g/mol. The quantitative estimate of drug-likeness (QED) is 0.697. The Morgan fingerprint density at radius 3 is 2.64 bits per heavy atom. The summed E-state index contributed by atoms with van der Waals surface area (Å²) in [6, 6.07) is 13.7. The molecule has 0 fully saturated rings. The first kappa shape index (κ1) is 17.7. The van der Waals surface area contributed by atoms with E-state index in [1.807, 2.05) is 36.4 Å². The van der Waals surface area contributed by atoms with Crippen LogP contribution in [-0.4, -0.2) is 35.4 Å². The minimum Gasteiger partial charge on any atom is -0.481 e. The number of carbonyl (C=O) groups excluding carboxylic acids is 2. The zero-order valence-electron chi connectivity index (χ0n) is 15.4. The number of primary amides is 1. The van der Waals surface area contributed by atoms with E-state index in [0.717, 1.165) is 27.5 Å². The predicted octanol–water partition coefficient (Wildman–Crippen LogP) is 2.91. The Balaban J connectivity index is 1.74. The van der Waals surface area contributed by atoms with Gasteiger partial charge in [-0.15, -0.1) is 0 Å². The summed E-state index contributed by atoms with van der Waals surface area (Å²) in [6.45, 7) is 4.21. The number of fused-ring (bicyclic) bond motifs is 3. The molecule has 0 spiro atoms. The maximum absolute atomic E-state index is 12.7. The number of rotatable bonds is 5. The lowest BCUT2D eigenvalue weighted by Gasteiger charge is -2.15. The van der Waals surface area contributed by atoms with Crippen LogP contribution >= 0.6 is 0 Å².